The number of anilines is 2. The van der Waals surface area contributed by atoms with Gasteiger partial charge in [-0.2, -0.15) is 0 Å². The molecule has 5 nitrogen and oxygen atoms in total. The van der Waals surface area contributed by atoms with Crippen LogP contribution in [0.2, 0.25) is 0 Å². The van der Waals surface area contributed by atoms with Crippen LogP contribution < -0.4 is 11.1 Å². The lowest BCUT2D eigenvalue weighted by atomic mass is 9.89. The second-order valence-corrected chi connectivity index (χ2v) is 5.19. The molecule has 0 radical (unpaired) electrons. The number of nitrogens with two attached hydrogens (primary N) is 1. The first-order valence-corrected chi connectivity index (χ1v) is 6.45. The van der Waals surface area contributed by atoms with Gasteiger partial charge in [-0.3, -0.25) is 4.79 Å². The van der Waals surface area contributed by atoms with Crippen LogP contribution in [0.1, 0.15) is 20.8 Å². The summed E-state index contributed by atoms with van der Waals surface area (Å²) in [6.07, 6.45) is -0.0359. The predicted octanol–water partition coefficient (Wildman–Crippen LogP) is 1.97. The van der Waals surface area contributed by atoms with Crippen molar-refractivity contribution in [2.24, 2.45) is 11.8 Å². The van der Waals surface area contributed by atoms with Crippen LogP contribution in [0.5, 0.6) is 5.75 Å². The fraction of sp³-hybridized carbons (Fsp3) is 0.500. The van der Waals surface area contributed by atoms with Crippen molar-refractivity contribution in [1.29, 1.82) is 0 Å². The Kier molecular flexibility index (Phi) is 3.66. The first-order chi connectivity index (χ1) is 8.90. The summed E-state index contributed by atoms with van der Waals surface area (Å²) in [6.45, 7) is 5.90. The molecule has 4 unspecified atom stereocenters. The third-order valence-electron chi connectivity index (χ3n) is 3.84. The van der Waals surface area contributed by atoms with Crippen LogP contribution in [0.15, 0.2) is 18.2 Å². The SMILES string of the molecule is CC1OC(C)C(C(=O)Nc2ccc(O)cc2N)C1C. The number of phenols is 1. The maximum atomic E-state index is 12.3. The van der Waals surface area contributed by atoms with Gasteiger partial charge in [0, 0.05) is 6.07 Å². The van der Waals surface area contributed by atoms with Crippen LogP contribution in [0.25, 0.3) is 0 Å². The highest BCUT2D eigenvalue weighted by Gasteiger charge is 2.41. The van der Waals surface area contributed by atoms with Crippen LogP contribution in [-0.2, 0) is 9.53 Å². The minimum atomic E-state index is -0.191. The Morgan fingerprint density at radius 2 is 2.00 bits per heavy atom. The molecule has 1 saturated heterocycles. The van der Waals surface area contributed by atoms with Crippen LogP contribution in [-0.4, -0.2) is 23.2 Å². The molecule has 5 heteroatoms. The number of nitrogens with one attached hydrogen (secondary N) is 1. The number of phenolic OH excluding ortho intramolecular Hbond substituents is 1. The van der Waals surface area contributed by atoms with Crippen LogP contribution in [0.4, 0.5) is 11.4 Å². The van der Waals surface area contributed by atoms with Gasteiger partial charge in [-0.25, -0.2) is 0 Å². The Hall–Kier alpha value is -1.75. The van der Waals surface area contributed by atoms with Gasteiger partial charge in [0.25, 0.3) is 0 Å². The van der Waals surface area contributed by atoms with Gasteiger partial charge in [0.15, 0.2) is 0 Å². The molecule has 0 spiro atoms. The molecular weight excluding hydrogens is 244 g/mol. The third-order valence-corrected chi connectivity index (χ3v) is 3.84. The molecule has 19 heavy (non-hydrogen) atoms. The number of amides is 1. The number of nitrogen functional groups attached to an aromatic ring is 1. The molecule has 0 saturated carbocycles. The van der Waals surface area contributed by atoms with E-state index in [0.717, 1.165) is 0 Å². The van der Waals surface area contributed by atoms with E-state index in [4.69, 9.17) is 10.5 Å². The average molecular weight is 264 g/mol. The molecule has 104 valence electrons. The molecule has 1 heterocycles. The van der Waals surface area contributed by atoms with E-state index in [1.165, 1.54) is 12.1 Å². The highest BCUT2D eigenvalue weighted by molar-refractivity contribution is 5.96. The number of hydrogen-bond acceptors (Lipinski definition) is 4. The quantitative estimate of drug-likeness (QED) is 0.563. The lowest BCUT2D eigenvalue weighted by Crippen LogP contribution is -2.32. The van der Waals surface area contributed by atoms with Crippen LogP contribution in [0.3, 0.4) is 0 Å². The predicted molar refractivity (Wildman–Crippen MR) is 73.8 cm³/mol. The summed E-state index contributed by atoms with van der Waals surface area (Å²) in [7, 11) is 0. The second kappa shape index (κ2) is 5.09. The van der Waals surface area contributed by atoms with Crippen molar-refractivity contribution in [3.8, 4) is 5.75 Å². The monoisotopic (exact) mass is 264 g/mol. The highest BCUT2D eigenvalue weighted by Crippen LogP contribution is 2.33. The number of hydrogen-bond donors (Lipinski definition) is 3. The maximum absolute atomic E-state index is 12.3. The molecule has 0 aliphatic carbocycles. The zero-order valence-electron chi connectivity index (χ0n) is 11.4. The van der Waals surface area contributed by atoms with Crippen LogP contribution >= 0.6 is 0 Å². The zero-order chi connectivity index (χ0) is 14.2. The molecule has 4 N–H and O–H groups in total. The molecule has 2 rings (SSSR count). The number of rotatable bonds is 2. The first-order valence-electron chi connectivity index (χ1n) is 6.45. The Balaban J connectivity index is 2.13. The van der Waals surface area contributed by atoms with Crippen molar-refractivity contribution in [1.82, 2.24) is 0 Å². The summed E-state index contributed by atoms with van der Waals surface area (Å²) < 4.78 is 5.66. The first kappa shape index (κ1) is 13.7. The average Bonchev–Trinajstić information content (AvgIpc) is 2.57. The van der Waals surface area contributed by atoms with E-state index in [-0.39, 0.29) is 35.7 Å². The molecule has 0 aromatic heterocycles. The summed E-state index contributed by atoms with van der Waals surface area (Å²) in [5, 5.41) is 12.1. The van der Waals surface area contributed by atoms with Gasteiger partial charge in [0.05, 0.1) is 29.5 Å². The summed E-state index contributed by atoms with van der Waals surface area (Å²) in [4.78, 5) is 12.3. The van der Waals surface area contributed by atoms with E-state index in [1.54, 1.807) is 6.07 Å². The standard InChI is InChI=1S/C14H20N2O3/c1-7-8(2)19-9(3)13(7)14(18)16-12-5-4-10(17)6-11(12)15/h4-9,13,17H,15H2,1-3H3,(H,16,18). The summed E-state index contributed by atoms with van der Waals surface area (Å²) >= 11 is 0. The van der Waals surface area contributed by atoms with Gasteiger partial charge in [0.1, 0.15) is 5.75 Å². The number of carbonyl (C=O) groups is 1. The van der Waals surface area contributed by atoms with Crippen molar-refractivity contribution < 1.29 is 14.6 Å². The van der Waals surface area contributed by atoms with Crippen molar-refractivity contribution in [2.45, 2.75) is 33.0 Å². The van der Waals surface area contributed by atoms with Crippen molar-refractivity contribution >= 4 is 17.3 Å². The maximum Gasteiger partial charge on any atom is 0.230 e. The molecule has 1 amide bonds. The van der Waals surface area contributed by atoms with Gasteiger partial charge >= 0.3 is 0 Å². The molecular formula is C14H20N2O3. The summed E-state index contributed by atoms with van der Waals surface area (Å²) in [5.41, 5.74) is 6.62. The third kappa shape index (κ3) is 2.66. The van der Waals surface area contributed by atoms with E-state index in [1.807, 2.05) is 20.8 Å². The normalized spacial score (nSPS) is 30.3. The van der Waals surface area contributed by atoms with E-state index in [2.05, 4.69) is 5.32 Å². The fourth-order valence-electron chi connectivity index (χ4n) is 2.60. The van der Waals surface area contributed by atoms with E-state index in [9.17, 15) is 9.90 Å². The molecule has 1 aromatic rings. The Labute approximate surface area is 112 Å². The summed E-state index contributed by atoms with van der Waals surface area (Å²) in [6, 6.07) is 4.50. The Bertz CT molecular complexity index is 490. The minimum Gasteiger partial charge on any atom is -0.508 e. The number of aromatic hydroxyl groups is 1. The van der Waals surface area contributed by atoms with Gasteiger partial charge in [0.2, 0.25) is 5.91 Å². The lowest BCUT2D eigenvalue weighted by Gasteiger charge is -2.18. The van der Waals surface area contributed by atoms with Gasteiger partial charge < -0.3 is 20.9 Å². The smallest absolute Gasteiger partial charge is 0.230 e. The Morgan fingerprint density at radius 3 is 2.53 bits per heavy atom. The molecule has 1 aliphatic rings. The minimum absolute atomic E-state index is 0.0721. The number of carbonyl (C=O) groups excluding carboxylic acids is 1. The molecule has 4 atom stereocenters. The van der Waals surface area contributed by atoms with Crippen molar-refractivity contribution in [3.63, 3.8) is 0 Å². The topological polar surface area (TPSA) is 84.6 Å². The van der Waals surface area contributed by atoms with Crippen molar-refractivity contribution in [3.05, 3.63) is 18.2 Å². The van der Waals surface area contributed by atoms with Gasteiger partial charge in [-0.1, -0.05) is 6.92 Å². The lowest BCUT2D eigenvalue weighted by molar-refractivity contribution is -0.121. The number of ether oxygens (including phenoxy) is 1. The largest absolute Gasteiger partial charge is 0.508 e. The van der Waals surface area contributed by atoms with Gasteiger partial charge in [-0.15, -0.1) is 0 Å². The van der Waals surface area contributed by atoms with Crippen molar-refractivity contribution in [2.75, 3.05) is 11.1 Å². The number of benzene rings is 1. The zero-order valence-corrected chi connectivity index (χ0v) is 11.4. The van der Waals surface area contributed by atoms with E-state index < -0.39 is 0 Å². The Morgan fingerprint density at radius 1 is 1.32 bits per heavy atom. The van der Waals surface area contributed by atoms with E-state index in [0.29, 0.717) is 11.4 Å². The molecule has 0 bridgehead atoms. The fourth-order valence-corrected chi connectivity index (χ4v) is 2.60. The molecule has 1 aromatic carbocycles. The highest BCUT2D eigenvalue weighted by atomic mass is 16.5. The van der Waals surface area contributed by atoms with Gasteiger partial charge in [-0.05, 0) is 31.9 Å². The van der Waals surface area contributed by atoms with Crippen LogP contribution in [0, 0.1) is 11.8 Å². The molecule has 1 fully saturated rings. The summed E-state index contributed by atoms with van der Waals surface area (Å²) in [5.74, 6) is -0.0478. The molecule has 1 aliphatic heterocycles. The second-order valence-electron chi connectivity index (χ2n) is 5.19. The van der Waals surface area contributed by atoms with E-state index >= 15 is 0 Å².